The van der Waals surface area contributed by atoms with Gasteiger partial charge in [0.05, 0.1) is 22.8 Å². The predicted octanol–water partition coefficient (Wildman–Crippen LogP) is 1.69. The second-order valence-corrected chi connectivity index (χ2v) is 5.44. The minimum atomic E-state index is -0.621. The van der Waals surface area contributed by atoms with Crippen LogP contribution in [-0.4, -0.2) is 32.1 Å². The first kappa shape index (κ1) is 14.9. The number of esters is 1. The monoisotopic (exact) mass is 344 g/mol. The highest BCUT2D eigenvalue weighted by Crippen LogP contribution is 2.32. The molecule has 1 heterocycles. The van der Waals surface area contributed by atoms with Crippen molar-refractivity contribution in [2.24, 2.45) is 11.7 Å². The lowest BCUT2D eigenvalue weighted by molar-refractivity contribution is -0.117. The minimum absolute atomic E-state index is 0.0136. The Morgan fingerprint density at radius 1 is 1.60 bits per heavy atom. The quantitative estimate of drug-likeness (QED) is 0.847. The van der Waals surface area contributed by atoms with Crippen LogP contribution in [0.2, 0.25) is 0 Å². The number of ether oxygens (including phenoxy) is 1. The largest absolute Gasteiger partial charge is 0.465 e. The number of nitrogens with two attached hydrogens (primary N) is 1. The van der Waals surface area contributed by atoms with Gasteiger partial charge in [-0.1, -0.05) is 0 Å². The first-order valence-corrected chi connectivity index (χ1v) is 6.85. The van der Waals surface area contributed by atoms with Gasteiger partial charge in [-0.15, -0.1) is 0 Å². The zero-order chi connectivity index (χ0) is 14.9. The first-order valence-electron chi connectivity index (χ1n) is 6.05. The van der Waals surface area contributed by atoms with Crippen LogP contribution in [-0.2, 0) is 9.53 Å². The lowest BCUT2D eigenvalue weighted by atomic mass is 10.1. The van der Waals surface area contributed by atoms with Crippen molar-refractivity contribution in [3.8, 4) is 0 Å². The maximum Gasteiger partial charge on any atom is 0.340 e. The molecule has 1 unspecified atom stereocenters. The van der Waals surface area contributed by atoms with Crippen LogP contribution >= 0.6 is 15.9 Å². The summed E-state index contributed by atoms with van der Waals surface area (Å²) in [6, 6.07) is 2.48. The van der Waals surface area contributed by atoms with E-state index in [1.54, 1.807) is 0 Å². The van der Waals surface area contributed by atoms with Gasteiger partial charge in [0, 0.05) is 13.0 Å². The van der Waals surface area contributed by atoms with Crippen LogP contribution in [0.1, 0.15) is 16.8 Å². The summed E-state index contributed by atoms with van der Waals surface area (Å²) in [4.78, 5) is 25.2. The number of carbonyl (C=O) groups is 2. The summed E-state index contributed by atoms with van der Waals surface area (Å²) in [5.74, 6) is -1.33. The van der Waals surface area contributed by atoms with Gasteiger partial charge >= 0.3 is 5.97 Å². The Balaban J connectivity index is 2.47. The molecule has 7 heteroatoms. The third-order valence-electron chi connectivity index (χ3n) is 3.27. The number of hydrogen-bond donors (Lipinski definition) is 1. The fraction of sp³-hybridized carbons (Fsp3) is 0.385. The lowest BCUT2D eigenvalue weighted by Crippen LogP contribution is -2.28. The topological polar surface area (TPSA) is 72.6 Å². The van der Waals surface area contributed by atoms with Crippen LogP contribution in [0, 0.1) is 11.7 Å². The third-order valence-corrected chi connectivity index (χ3v) is 3.88. The Labute approximate surface area is 124 Å². The summed E-state index contributed by atoms with van der Waals surface area (Å²) in [6.45, 7) is 0.745. The van der Waals surface area contributed by atoms with E-state index in [-0.39, 0.29) is 27.5 Å². The average Bonchev–Trinajstić information content (AvgIpc) is 2.81. The summed E-state index contributed by atoms with van der Waals surface area (Å²) in [5.41, 5.74) is 5.93. The van der Waals surface area contributed by atoms with E-state index < -0.39 is 11.8 Å². The van der Waals surface area contributed by atoms with Gasteiger partial charge in [-0.25, -0.2) is 9.18 Å². The average molecular weight is 345 g/mol. The summed E-state index contributed by atoms with van der Waals surface area (Å²) in [5, 5.41) is 0. The van der Waals surface area contributed by atoms with E-state index in [0.717, 1.165) is 6.07 Å². The van der Waals surface area contributed by atoms with E-state index in [2.05, 4.69) is 20.7 Å². The lowest BCUT2D eigenvalue weighted by Gasteiger charge is -2.20. The predicted molar refractivity (Wildman–Crippen MR) is 75.0 cm³/mol. The highest BCUT2D eigenvalue weighted by molar-refractivity contribution is 9.10. The molecule has 2 rings (SSSR count). The Bertz CT molecular complexity index is 565. The molecule has 0 spiro atoms. The van der Waals surface area contributed by atoms with E-state index in [9.17, 15) is 14.0 Å². The molecule has 0 aliphatic carbocycles. The number of nitrogens with zero attached hydrogens (tertiary/aromatic N) is 1. The molecule has 20 heavy (non-hydrogen) atoms. The molecule has 0 aromatic heterocycles. The number of methoxy groups -OCH3 is 1. The highest BCUT2D eigenvalue weighted by atomic mass is 79.9. The molecule has 5 nitrogen and oxygen atoms in total. The molecule has 1 saturated heterocycles. The van der Waals surface area contributed by atoms with Crippen molar-refractivity contribution >= 4 is 33.5 Å². The Hall–Kier alpha value is -1.47. The van der Waals surface area contributed by atoms with Gasteiger partial charge in [-0.3, -0.25) is 4.79 Å². The smallest absolute Gasteiger partial charge is 0.340 e. The van der Waals surface area contributed by atoms with Crippen molar-refractivity contribution in [3.63, 3.8) is 0 Å². The fourth-order valence-corrected chi connectivity index (χ4v) is 2.55. The molecule has 1 fully saturated rings. The summed E-state index contributed by atoms with van der Waals surface area (Å²) >= 11 is 3.02. The molecule has 108 valence electrons. The maximum atomic E-state index is 13.7. The summed E-state index contributed by atoms with van der Waals surface area (Å²) in [7, 11) is 1.23. The van der Waals surface area contributed by atoms with E-state index >= 15 is 0 Å². The van der Waals surface area contributed by atoms with E-state index in [0.29, 0.717) is 19.5 Å². The normalized spacial score (nSPS) is 18.5. The second kappa shape index (κ2) is 5.88. The Morgan fingerprint density at radius 2 is 2.30 bits per heavy atom. The molecule has 1 aromatic carbocycles. The second-order valence-electron chi connectivity index (χ2n) is 4.59. The van der Waals surface area contributed by atoms with E-state index in [1.807, 2.05) is 0 Å². The van der Waals surface area contributed by atoms with Crippen molar-refractivity contribution in [1.29, 1.82) is 0 Å². The fourth-order valence-electron chi connectivity index (χ4n) is 2.21. The van der Waals surface area contributed by atoms with Crippen molar-refractivity contribution in [3.05, 3.63) is 28.0 Å². The van der Waals surface area contributed by atoms with Crippen molar-refractivity contribution in [2.45, 2.75) is 6.42 Å². The molecule has 1 aromatic rings. The van der Waals surface area contributed by atoms with Crippen LogP contribution in [0.5, 0.6) is 0 Å². The summed E-state index contributed by atoms with van der Waals surface area (Å²) in [6.07, 6.45) is 0.300. The van der Waals surface area contributed by atoms with E-state index in [1.165, 1.54) is 18.1 Å². The van der Waals surface area contributed by atoms with Crippen LogP contribution in [0.3, 0.4) is 0 Å². The van der Waals surface area contributed by atoms with Gasteiger partial charge in [-0.2, -0.15) is 0 Å². The maximum absolute atomic E-state index is 13.7. The van der Waals surface area contributed by atoms with Gasteiger partial charge < -0.3 is 15.4 Å². The van der Waals surface area contributed by atoms with Crippen LogP contribution < -0.4 is 10.6 Å². The number of benzene rings is 1. The Morgan fingerprint density at radius 3 is 2.85 bits per heavy atom. The molecular weight excluding hydrogens is 331 g/mol. The number of halogens is 2. The number of amides is 1. The number of carbonyl (C=O) groups excluding carboxylic acids is 2. The molecule has 1 atom stereocenters. The van der Waals surface area contributed by atoms with E-state index in [4.69, 9.17) is 5.73 Å². The van der Waals surface area contributed by atoms with Gasteiger partial charge in [0.25, 0.3) is 0 Å². The van der Waals surface area contributed by atoms with Crippen molar-refractivity contribution in [1.82, 2.24) is 0 Å². The molecule has 1 amide bonds. The highest BCUT2D eigenvalue weighted by Gasteiger charge is 2.32. The van der Waals surface area contributed by atoms with Crippen molar-refractivity contribution in [2.75, 3.05) is 25.1 Å². The molecule has 0 saturated carbocycles. The molecule has 0 bridgehead atoms. The molecule has 1 aliphatic heterocycles. The SMILES string of the molecule is COC(=O)c1cc(Br)c(F)cc1N1CC(CN)CC1=O. The van der Waals surface area contributed by atoms with Crippen LogP contribution in [0.25, 0.3) is 0 Å². The number of anilines is 1. The van der Waals surface area contributed by atoms with Gasteiger partial charge in [-0.05, 0) is 40.5 Å². The van der Waals surface area contributed by atoms with Gasteiger partial charge in [0.1, 0.15) is 5.82 Å². The van der Waals surface area contributed by atoms with Gasteiger partial charge in [0.2, 0.25) is 5.91 Å². The molecule has 1 aliphatic rings. The molecule has 0 radical (unpaired) electrons. The summed E-state index contributed by atoms with van der Waals surface area (Å²) < 4.78 is 18.5. The van der Waals surface area contributed by atoms with Crippen molar-refractivity contribution < 1.29 is 18.7 Å². The molecular formula is C13H14BrFN2O3. The number of rotatable bonds is 3. The zero-order valence-electron chi connectivity index (χ0n) is 10.9. The molecule has 2 N–H and O–H groups in total. The zero-order valence-corrected chi connectivity index (χ0v) is 12.4. The minimum Gasteiger partial charge on any atom is -0.465 e. The third kappa shape index (κ3) is 2.69. The number of hydrogen-bond acceptors (Lipinski definition) is 4. The standard InChI is InChI=1S/C13H14BrFN2O3/c1-20-13(19)8-3-9(14)10(15)4-11(8)17-6-7(5-16)2-12(17)18/h3-4,7H,2,5-6,16H2,1H3. The van der Waals surface area contributed by atoms with Gasteiger partial charge in [0.15, 0.2) is 0 Å². The van der Waals surface area contributed by atoms with Crippen LogP contribution in [0.4, 0.5) is 10.1 Å². The first-order chi connectivity index (χ1) is 9.47. The Kier molecular flexibility index (Phi) is 4.39. The van der Waals surface area contributed by atoms with Crippen LogP contribution in [0.15, 0.2) is 16.6 Å².